The molecule has 5 rings (SSSR count). The molecule has 3 amide bonds. The second kappa shape index (κ2) is 24.9. The normalized spacial score (nSPS) is 12.1. The quantitative estimate of drug-likeness (QED) is 0.0380. The van der Waals surface area contributed by atoms with Crippen LogP contribution in [-0.2, 0) is 24.4 Å². The number of amides is 3. The summed E-state index contributed by atoms with van der Waals surface area (Å²) in [6.45, 7) is 26.3. The van der Waals surface area contributed by atoms with Crippen molar-refractivity contribution >= 4 is 68.0 Å². The van der Waals surface area contributed by atoms with Crippen LogP contribution >= 0.6 is 11.3 Å². The third kappa shape index (κ3) is 14.9. The molecular formula is C48H67N11O5S. The summed E-state index contributed by atoms with van der Waals surface area (Å²) in [6, 6.07) is 8.49. The Morgan fingerprint density at radius 1 is 0.938 bits per heavy atom. The number of rotatable bonds is 18. The van der Waals surface area contributed by atoms with E-state index >= 15 is 0 Å². The number of fused-ring (bicyclic) bond motifs is 2. The first-order valence-electron chi connectivity index (χ1n) is 21.5. The average molecular weight is 910 g/mol. The fourth-order valence-electron chi connectivity index (χ4n) is 6.03. The molecule has 0 bridgehead atoms. The van der Waals surface area contributed by atoms with Gasteiger partial charge in [-0.1, -0.05) is 70.3 Å². The van der Waals surface area contributed by atoms with Crippen LogP contribution in [0.4, 0.5) is 5.95 Å². The lowest BCUT2D eigenvalue weighted by molar-refractivity contribution is -0.112. The predicted octanol–water partition coefficient (Wildman–Crippen LogP) is 7.95. The maximum Gasteiger partial charge on any atom is 0.297 e. The van der Waals surface area contributed by atoms with Crippen molar-refractivity contribution in [3.05, 3.63) is 101 Å². The number of nitrogens with one attached hydrogen (secondary N) is 1. The monoisotopic (exact) mass is 910 g/mol. The molecule has 0 saturated heterocycles. The van der Waals surface area contributed by atoms with Crippen LogP contribution in [0.15, 0.2) is 83.5 Å². The number of primary amides is 2. The molecule has 0 unspecified atom stereocenters. The number of ether oxygens (including phenoxy) is 2. The van der Waals surface area contributed by atoms with Gasteiger partial charge < -0.3 is 41.1 Å². The van der Waals surface area contributed by atoms with E-state index in [0.29, 0.717) is 79.9 Å². The van der Waals surface area contributed by atoms with Gasteiger partial charge in [-0.3, -0.25) is 24.1 Å². The molecule has 0 fully saturated rings. The Balaban J connectivity index is 0.000000589. The molecule has 0 spiro atoms. The van der Waals surface area contributed by atoms with Gasteiger partial charge >= 0.3 is 0 Å². The lowest BCUT2D eigenvalue weighted by Crippen LogP contribution is -2.20. The van der Waals surface area contributed by atoms with Crippen LogP contribution in [0, 0.1) is 12.3 Å². The van der Waals surface area contributed by atoms with Crippen LogP contribution in [-0.4, -0.2) is 74.6 Å². The van der Waals surface area contributed by atoms with Crippen LogP contribution < -0.4 is 36.8 Å². The number of aromatic nitrogens is 5. The number of thiazole rings is 1. The van der Waals surface area contributed by atoms with E-state index in [4.69, 9.17) is 26.7 Å². The number of carbonyl (C=O) groups excluding carboxylic acids is 3. The molecule has 5 aromatic rings. The molecule has 7 N–H and O–H groups in total. The minimum Gasteiger partial charge on any atom is -0.494 e. The molecule has 0 aliphatic heterocycles. The van der Waals surface area contributed by atoms with Crippen molar-refractivity contribution in [1.29, 1.82) is 0 Å². The first kappa shape index (κ1) is 52.6. The van der Waals surface area contributed by atoms with Gasteiger partial charge in [0.25, 0.3) is 5.91 Å². The summed E-state index contributed by atoms with van der Waals surface area (Å²) >= 11 is 1.21. The minimum atomic E-state index is -0.615. The number of benzene rings is 2. The molecule has 3 aromatic heterocycles. The molecule has 0 radical (unpaired) electrons. The molecule has 2 aromatic carbocycles. The van der Waals surface area contributed by atoms with E-state index in [1.165, 1.54) is 30.9 Å². The van der Waals surface area contributed by atoms with Crippen molar-refractivity contribution in [2.75, 3.05) is 32.6 Å². The number of aliphatic imine (C=N–C) groups is 1. The molecule has 65 heavy (non-hydrogen) atoms. The van der Waals surface area contributed by atoms with E-state index in [1.807, 2.05) is 58.0 Å². The molecule has 350 valence electrons. The predicted molar refractivity (Wildman–Crippen MR) is 266 cm³/mol. The summed E-state index contributed by atoms with van der Waals surface area (Å²) < 4.78 is 18.1. The Morgan fingerprint density at radius 3 is 2.09 bits per heavy atom. The Labute approximate surface area is 386 Å². The van der Waals surface area contributed by atoms with Crippen molar-refractivity contribution in [1.82, 2.24) is 23.9 Å². The van der Waals surface area contributed by atoms with Gasteiger partial charge in [0, 0.05) is 50.1 Å². The summed E-state index contributed by atoms with van der Waals surface area (Å²) in [7, 11) is 3.24. The zero-order valence-corrected chi connectivity index (χ0v) is 40.5. The molecule has 0 saturated carbocycles. The smallest absolute Gasteiger partial charge is 0.297 e. The number of aryl methyl sites for hydroxylation is 2. The highest BCUT2D eigenvalue weighted by Crippen LogP contribution is 2.32. The number of hydrogen-bond acceptors (Lipinski definition) is 11. The standard InChI is InChI=1S/C34H41N9O5S.C8H12N2.C6H14/c1-6-8-11-14-48-26-18-21(30(36)44)16-23-28(26)42(33(38-4)40-23)12-9-10-13-43-29-25(47-5)17-22(31(37)45)19-27(29)49-34(43)41-32(46)24(39-7-2)15-20(3)35;1-4-8-6-7(3)9-10(8)5-2;1-5-6(2,3)4/h6,9-10,15-19H,1,7-8,11-14,35H2,2-5H3,(H2,36,44)(H2,37,45)(H,38,40);4,6H,1,5H2,2-3H3;5H2,1-4H3/b10-9+,20-15-,39-24?,41-34?;;. The average Bonchev–Trinajstić information content (AvgIpc) is 3.94. The van der Waals surface area contributed by atoms with Crippen LogP contribution in [0.3, 0.4) is 0 Å². The van der Waals surface area contributed by atoms with Crippen LogP contribution in [0.5, 0.6) is 11.5 Å². The van der Waals surface area contributed by atoms with E-state index in [1.54, 1.807) is 38.2 Å². The minimum absolute atomic E-state index is 0.125. The third-order valence-electron chi connectivity index (χ3n) is 9.73. The number of allylic oxidation sites excluding steroid dienone is 4. The van der Waals surface area contributed by atoms with Gasteiger partial charge in [0.2, 0.25) is 17.8 Å². The second-order valence-corrected chi connectivity index (χ2v) is 17.0. The lowest BCUT2D eigenvalue weighted by atomic mass is 9.94. The van der Waals surface area contributed by atoms with Crippen LogP contribution in [0.1, 0.15) is 99.8 Å². The molecule has 16 nitrogen and oxygen atoms in total. The van der Waals surface area contributed by atoms with Gasteiger partial charge in [-0.25, -0.2) is 4.98 Å². The first-order valence-corrected chi connectivity index (χ1v) is 22.3. The first-order chi connectivity index (χ1) is 30.9. The lowest BCUT2D eigenvalue weighted by Gasteiger charge is -2.12. The van der Waals surface area contributed by atoms with Gasteiger partial charge in [-0.2, -0.15) is 10.1 Å². The molecule has 0 atom stereocenters. The van der Waals surface area contributed by atoms with Gasteiger partial charge in [-0.15, -0.1) is 6.58 Å². The van der Waals surface area contributed by atoms with Crippen LogP contribution in [0.25, 0.3) is 27.3 Å². The van der Waals surface area contributed by atoms with Crippen molar-refractivity contribution < 1.29 is 23.9 Å². The fraction of sp³-hybridized carbons (Fsp3) is 0.396. The van der Waals surface area contributed by atoms with Crippen molar-refractivity contribution in [3.8, 4) is 11.5 Å². The number of nitrogens with two attached hydrogens (primary N) is 3. The Kier molecular flexibility index (Phi) is 20.2. The van der Waals surface area contributed by atoms with E-state index in [2.05, 4.69) is 73.2 Å². The Bertz CT molecular complexity index is 2630. The van der Waals surface area contributed by atoms with Crippen LogP contribution in [0.2, 0.25) is 0 Å². The third-order valence-corrected chi connectivity index (χ3v) is 10.8. The number of hydrogen-bond donors (Lipinski definition) is 4. The van der Waals surface area contributed by atoms with E-state index in [-0.39, 0.29) is 17.8 Å². The number of nitrogens with zero attached hydrogens (tertiary/aromatic N) is 7. The zero-order chi connectivity index (χ0) is 48.4. The summed E-state index contributed by atoms with van der Waals surface area (Å²) in [5, 5.41) is 7.35. The molecular weight excluding hydrogens is 843 g/mol. The summed E-state index contributed by atoms with van der Waals surface area (Å²) in [6.07, 6.45) is 11.8. The van der Waals surface area contributed by atoms with E-state index < -0.39 is 17.7 Å². The van der Waals surface area contributed by atoms with E-state index in [0.717, 1.165) is 30.8 Å². The number of anilines is 1. The Hall–Kier alpha value is -6.75. The number of carbonyl (C=O) groups is 3. The molecule has 0 aliphatic rings. The SMILES string of the molecule is C=CCCCOc1cc(C(N)=O)cc2nc(NC)n(C/C=C/Cn3c(=NC(=O)C(/C=C(/C)N)=NCC)sc4cc(C(N)=O)cc(OC)c43)c12.C=Cc1cc(C)nn1CC.CCC(C)(C)C. The highest BCUT2D eigenvalue weighted by atomic mass is 32.1. The second-order valence-electron chi connectivity index (χ2n) is 15.9. The van der Waals surface area contributed by atoms with Crippen molar-refractivity contribution in [2.45, 2.75) is 94.3 Å². The van der Waals surface area contributed by atoms with Gasteiger partial charge in [0.1, 0.15) is 28.2 Å². The van der Waals surface area contributed by atoms with Gasteiger partial charge in [0.15, 0.2) is 4.80 Å². The summed E-state index contributed by atoms with van der Waals surface area (Å²) in [4.78, 5) is 51.1. The number of imidazole rings is 1. The largest absolute Gasteiger partial charge is 0.494 e. The number of methoxy groups -OCH3 is 1. The molecule has 0 aliphatic carbocycles. The fourth-order valence-corrected chi connectivity index (χ4v) is 7.13. The van der Waals surface area contributed by atoms with Crippen molar-refractivity contribution in [2.24, 2.45) is 32.6 Å². The van der Waals surface area contributed by atoms with E-state index in [9.17, 15) is 14.4 Å². The summed E-state index contributed by atoms with van der Waals surface area (Å²) in [5.74, 6) is -0.333. The zero-order valence-electron chi connectivity index (χ0n) is 39.7. The topological polar surface area (TPSA) is 225 Å². The van der Waals surface area contributed by atoms with Gasteiger partial charge in [0.05, 0.1) is 35.3 Å². The Morgan fingerprint density at radius 2 is 1.57 bits per heavy atom. The number of unbranched alkanes of at least 4 members (excludes halogenated alkanes) is 1. The van der Waals surface area contributed by atoms with Crippen molar-refractivity contribution in [3.63, 3.8) is 0 Å². The highest BCUT2D eigenvalue weighted by molar-refractivity contribution is 7.16. The molecule has 3 heterocycles. The van der Waals surface area contributed by atoms with Gasteiger partial charge in [-0.05, 0) is 88.4 Å². The highest BCUT2D eigenvalue weighted by Gasteiger charge is 2.19. The summed E-state index contributed by atoms with van der Waals surface area (Å²) in [5.41, 5.74) is 22.7. The maximum absolute atomic E-state index is 13.3. The molecule has 17 heteroatoms. The maximum atomic E-state index is 13.3.